The van der Waals surface area contributed by atoms with Gasteiger partial charge in [-0.3, -0.25) is 0 Å². The fraction of sp³-hybridized carbons (Fsp3) is 0.529. The average molecular weight is 281 g/mol. The summed E-state index contributed by atoms with van der Waals surface area (Å²) in [6.45, 7) is 4.50. The first-order valence-electron chi connectivity index (χ1n) is 7.22. The molecule has 0 aliphatic carbocycles. The van der Waals surface area contributed by atoms with Gasteiger partial charge in [-0.15, -0.1) is 0 Å². The number of aliphatic hydroxyl groups is 1. The fourth-order valence-corrected chi connectivity index (χ4v) is 2.31. The van der Waals surface area contributed by atoms with Gasteiger partial charge in [0.15, 0.2) is 0 Å². The normalized spacial score (nSPS) is 14.7. The molecule has 2 atom stereocenters. The van der Waals surface area contributed by atoms with Crippen LogP contribution in [0.4, 0.5) is 0 Å². The number of rotatable bonds is 8. The third-order valence-electron chi connectivity index (χ3n) is 3.47. The summed E-state index contributed by atoms with van der Waals surface area (Å²) in [7, 11) is 0. The summed E-state index contributed by atoms with van der Waals surface area (Å²) in [5, 5.41) is 10.2. The second kappa shape index (κ2) is 9.17. The summed E-state index contributed by atoms with van der Waals surface area (Å²) in [5.74, 6) is 0.493. The molecule has 0 amide bonds. The molecule has 1 aromatic rings. The SMILES string of the molecule is CCCCC/C=C/C(c1ccc(Cl)cc1)[C@H](C)CO. The number of halogens is 1. The van der Waals surface area contributed by atoms with Crippen molar-refractivity contribution in [3.63, 3.8) is 0 Å². The molecule has 1 rings (SSSR count). The summed E-state index contributed by atoms with van der Waals surface area (Å²) in [6.07, 6.45) is 9.39. The molecule has 1 unspecified atom stereocenters. The smallest absolute Gasteiger partial charge is 0.0465 e. The highest BCUT2D eigenvalue weighted by Crippen LogP contribution is 2.27. The largest absolute Gasteiger partial charge is 0.396 e. The molecule has 106 valence electrons. The predicted molar refractivity (Wildman–Crippen MR) is 83.7 cm³/mol. The molecule has 0 spiro atoms. The number of hydrogen-bond acceptors (Lipinski definition) is 1. The minimum Gasteiger partial charge on any atom is -0.396 e. The van der Waals surface area contributed by atoms with Crippen LogP contribution in [0.1, 0.15) is 51.0 Å². The molecule has 0 radical (unpaired) electrons. The van der Waals surface area contributed by atoms with E-state index >= 15 is 0 Å². The Morgan fingerprint density at radius 1 is 1.21 bits per heavy atom. The highest BCUT2D eigenvalue weighted by Gasteiger charge is 2.15. The Hall–Kier alpha value is -0.790. The van der Waals surface area contributed by atoms with Crippen LogP contribution in [0, 0.1) is 5.92 Å². The monoisotopic (exact) mass is 280 g/mol. The zero-order valence-corrected chi connectivity index (χ0v) is 12.7. The molecule has 2 heteroatoms. The van der Waals surface area contributed by atoms with Crippen molar-refractivity contribution in [3.05, 3.63) is 47.0 Å². The summed E-state index contributed by atoms with van der Waals surface area (Å²) < 4.78 is 0. The molecule has 0 saturated heterocycles. The number of unbranched alkanes of at least 4 members (excludes halogenated alkanes) is 3. The van der Waals surface area contributed by atoms with Crippen LogP contribution >= 0.6 is 11.6 Å². The van der Waals surface area contributed by atoms with Crippen molar-refractivity contribution in [3.8, 4) is 0 Å². The van der Waals surface area contributed by atoms with Gasteiger partial charge in [0.2, 0.25) is 0 Å². The lowest BCUT2D eigenvalue weighted by Gasteiger charge is -2.19. The summed E-state index contributed by atoms with van der Waals surface area (Å²) >= 11 is 5.92. The van der Waals surface area contributed by atoms with E-state index < -0.39 is 0 Å². The lowest BCUT2D eigenvalue weighted by atomic mass is 9.87. The van der Waals surface area contributed by atoms with Crippen molar-refractivity contribution in [1.82, 2.24) is 0 Å². The van der Waals surface area contributed by atoms with Crippen LogP contribution in [0.2, 0.25) is 5.02 Å². The zero-order chi connectivity index (χ0) is 14.1. The highest BCUT2D eigenvalue weighted by molar-refractivity contribution is 6.30. The van der Waals surface area contributed by atoms with E-state index in [0.29, 0.717) is 0 Å². The van der Waals surface area contributed by atoms with E-state index in [9.17, 15) is 5.11 Å². The number of benzene rings is 1. The topological polar surface area (TPSA) is 20.2 Å². The van der Waals surface area contributed by atoms with Gasteiger partial charge in [0.25, 0.3) is 0 Å². The van der Waals surface area contributed by atoms with Crippen LogP contribution in [-0.2, 0) is 0 Å². The van der Waals surface area contributed by atoms with E-state index in [1.807, 2.05) is 12.1 Å². The first kappa shape index (κ1) is 16.3. The van der Waals surface area contributed by atoms with Gasteiger partial charge in [-0.2, -0.15) is 0 Å². The Labute approximate surface area is 122 Å². The molecule has 19 heavy (non-hydrogen) atoms. The van der Waals surface area contributed by atoms with Gasteiger partial charge in [0.05, 0.1) is 0 Å². The Morgan fingerprint density at radius 2 is 1.89 bits per heavy atom. The molecule has 0 bridgehead atoms. The van der Waals surface area contributed by atoms with Crippen LogP contribution in [0.3, 0.4) is 0 Å². The van der Waals surface area contributed by atoms with E-state index in [1.54, 1.807) is 0 Å². The van der Waals surface area contributed by atoms with Gasteiger partial charge in [-0.05, 0) is 36.5 Å². The zero-order valence-electron chi connectivity index (χ0n) is 12.0. The van der Waals surface area contributed by atoms with E-state index in [1.165, 1.54) is 24.8 Å². The Morgan fingerprint density at radius 3 is 2.47 bits per heavy atom. The molecule has 0 saturated carbocycles. The quantitative estimate of drug-likeness (QED) is 0.513. The maximum Gasteiger partial charge on any atom is 0.0465 e. The van der Waals surface area contributed by atoms with E-state index in [2.05, 4.69) is 38.1 Å². The molecular formula is C17H25ClO. The van der Waals surface area contributed by atoms with Crippen molar-refractivity contribution in [2.75, 3.05) is 6.61 Å². The van der Waals surface area contributed by atoms with Crippen molar-refractivity contribution in [2.24, 2.45) is 5.92 Å². The van der Waals surface area contributed by atoms with Gasteiger partial charge < -0.3 is 5.11 Å². The molecule has 0 aliphatic heterocycles. The minimum atomic E-state index is 0.201. The summed E-state index contributed by atoms with van der Waals surface area (Å²) in [5.41, 5.74) is 1.22. The maximum atomic E-state index is 9.40. The first-order chi connectivity index (χ1) is 9.19. The number of allylic oxidation sites excluding steroid dienone is 2. The molecule has 0 fully saturated rings. The Balaban J connectivity index is 2.69. The van der Waals surface area contributed by atoms with Gasteiger partial charge in [0, 0.05) is 17.5 Å². The standard InChI is InChI=1S/C17H25ClO/c1-3-4-5-6-7-8-17(14(2)13-19)15-9-11-16(18)12-10-15/h7-12,14,17,19H,3-6,13H2,1-2H3/b8-7+/t14-,17?/m1/s1. The third-order valence-corrected chi connectivity index (χ3v) is 3.73. The van der Waals surface area contributed by atoms with Crippen LogP contribution in [-0.4, -0.2) is 11.7 Å². The van der Waals surface area contributed by atoms with Crippen molar-refractivity contribution >= 4 is 11.6 Å². The summed E-state index contributed by atoms with van der Waals surface area (Å²) in [6, 6.07) is 7.93. The molecule has 1 nitrogen and oxygen atoms in total. The molecule has 1 N–H and O–H groups in total. The fourth-order valence-electron chi connectivity index (χ4n) is 2.18. The Kier molecular flexibility index (Phi) is 7.85. The third kappa shape index (κ3) is 5.80. The second-order valence-corrected chi connectivity index (χ2v) is 5.60. The first-order valence-corrected chi connectivity index (χ1v) is 7.59. The van der Waals surface area contributed by atoms with E-state index in [4.69, 9.17) is 11.6 Å². The minimum absolute atomic E-state index is 0.201. The van der Waals surface area contributed by atoms with Gasteiger partial charge >= 0.3 is 0 Å². The molecule has 1 aromatic carbocycles. The summed E-state index contributed by atoms with van der Waals surface area (Å²) in [4.78, 5) is 0. The molecule has 0 heterocycles. The second-order valence-electron chi connectivity index (χ2n) is 5.16. The number of aliphatic hydroxyl groups excluding tert-OH is 1. The Bertz CT molecular complexity index is 369. The van der Waals surface area contributed by atoms with Crippen molar-refractivity contribution < 1.29 is 5.11 Å². The highest BCUT2D eigenvalue weighted by atomic mass is 35.5. The number of hydrogen-bond donors (Lipinski definition) is 1. The lowest BCUT2D eigenvalue weighted by molar-refractivity contribution is 0.227. The van der Waals surface area contributed by atoms with Crippen molar-refractivity contribution in [2.45, 2.75) is 45.4 Å². The van der Waals surface area contributed by atoms with E-state index in [0.717, 1.165) is 11.4 Å². The average Bonchev–Trinajstić information content (AvgIpc) is 2.43. The maximum absolute atomic E-state index is 9.40. The van der Waals surface area contributed by atoms with E-state index in [-0.39, 0.29) is 18.4 Å². The van der Waals surface area contributed by atoms with Crippen LogP contribution in [0.15, 0.2) is 36.4 Å². The predicted octanol–water partition coefficient (Wildman–Crippen LogP) is 5.19. The van der Waals surface area contributed by atoms with Gasteiger partial charge in [0.1, 0.15) is 0 Å². The van der Waals surface area contributed by atoms with Crippen LogP contribution < -0.4 is 0 Å². The molecule has 0 aromatic heterocycles. The van der Waals surface area contributed by atoms with Gasteiger partial charge in [-0.25, -0.2) is 0 Å². The lowest BCUT2D eigenvalue weighted by Crippen LogP contribution is -2.11. The molecule has 0 aliphatic rings. The van der Waals surface area contributed by atoms with Crippen molar-refractivity contribution in [1.29, 1.82) is 0 Å². The van der Waals surface area contributed by atoms with Crippen LogP contribution in [0.5, 0.6) is 0 Å². The van der Waals surface area contributed by atoms with Crippen LogP contribution in [0.25, 0.3) is 0 Å². The van der Waals surface area contributed by atoms with Gasteiger partial charge in [-0.1, -0.05) is 62.6 Å². The molecular weight excluding hydrogens is 256 g/mol.